The van der Waals surface area contributed by atoms with Crippen LogP contribution in [0.3, 0.4) is 0 Å². The summed E-state index contributed by atoms with van der Waals surface area (Å²) in [6, 6.07) is 6.29. The van der Waals surface area contributed by atoms with Crippen LogP contribution in [0.25, 0.3) is 33.6 Å². The molecule has 10 rings (SSSR count). The van der Waals surface area contributed by atoms with E-state index in [4.69, 9.17) is 18.9 Å². The summed E-state index contributed by atoms with van der Waals surface area (Å²) in [7, 11) is -8.84. The summed E-state index contributed by atoms with van der Waals surface area (Å²) >= 11 is 0. The maximum absolute atomic E-state index is 13.1. The van der Waals surface area contributed by atoms with E-state index in [2.05, 4.69) is 87.9 Å². The summed E-state index contributed by atoms with van der Waals surface area (Å²) in [5.74, 6) is 2.11. The first-order valence-electron chi connectivity index (χ1n) is 26.8. The minimum Gasteiger partial charge on any atom is -0.389 e. The smallest absolute Gasteiger partial charge is 0.217 e. The van der Waals surface area contributed by atoms with Crippen LogP contribution in [-0.2, 0) is 57.3 Å². The van der Waals surface area contributed by atoms with Gasteiger partial charge in [0.1, 0.15) is 30.9 Å². The Morgan fingerprint density at radius 1 is 0.671 bits per heavy atom. The first-order chi connectivity index (χ1) is 36.0. The maximum atomic E-state index is 13.1. The number of Topliss-reactive ketones (excluding diaryl/α,β-unsaturated/α-hetero) is 1. The molecule has 8 heterocycles. The summed E-state index contributed by atoms with van der Waals surface area (Å²) in [6.45, 7) is 24.2. The number of carbonyl (C=O) groups is 1. The highest BCUT2D eigenvalue weighted by Gasteiger charge is 2.49. The van der Waals surface area contributed by atoms with E-state index in [-0.39, 0.29) is 23.5 Å². The van der Waals surface area contributed by atoms with Crippen molar-refractivity contribution in [1.29, 1.82) is 0 Å². The fourth-order valence-corrected chi connectivity index (χ4v) is 14.9. The van der Waals surface area contributed by atoms with Crippen molar-refractivity contribution in [2.75, 3.05) is 77.8 Å². The zero-order valence-electron chi connectivity index (χ0n) is 45.9. The van der Waals surface area contributed by atoms with Gasteiger partial charge in [0.15, 0.2) is 22.6 Å². The second-order valence-corrected chi connectivity index (χ2v) is 38.6. The van der Waals surface area contributed by atoms with Crippen LogP contribution in [0.5, 0.6) is 0 Å². The van der Waals surface area contributed by atoms with E-state index in [9.17, 15) is 26.7 Å². The SMILES string of the molecule is CCC1CC(=O)CC1c1nnc2cnc3c(ccn3COCC[Si](C)(C)C)n12.CCC1CC(O)(CS(=O)(=O)N2CCOCC2)CC1c1nnc2cnc3c(ccn3COCC[Si](C)(C)C)n12.CS(=O)(=O)N1CCOCC1. The third-order valence-electron chi connectivity index (χ3n) is 15.1. The highest BCUT2D eigenvalue weighted by Crippen LogP contribution is 2.47. The molecule has 2 aliphatic carbocycles. The molecule has 1 N–H and O–H groups in total. The number of ketones is 1. The second-order valence-electron chi connectivity index (χ2n) is 23.4. The Kier molecular flexibility index (Phi) is 18.4. The van der Waals surface area contributed by atoms with Crippen molar-refractivity contribution in [3.63, 3.8) is 0 Å². The Hall–Kier alpha value is -4.10. The van der Waals surface area contributed by atoms with Crippen molar-refractivity contribution >= 4 is 75.6 Å². The predicted molar refractivity (Wildman–Crippen MR) is 296 cm³/mol. The molecular formula is C50H80N12O10S2Si2. The zero-order valence-corrected chi connectivity index (χ0v) is 49.6. The highest BCUT2D eigenvalue weighted by molar-refractivity contribution is 7.89. The molecule has 6 aromatic rings. The quantitative estimate of drug-likeness (QED) is 0.0786. The van der Waals surface area contributed by atoms with E-state index < -0.39 is 41.8 Å². The zero-order chi connectivity index (χ0) is 54.6. The van der Waals surface area contributed by atoms with Gasteiger partial charge < -0.3 is 33.2 Å². The summed E-state index contributed by atoms with van der Waals surface area (Å²) in [6.07, 6.45) is 12.4. The van der Waals surface area contributed by atoms with E-state index in [1.54, 1.807) is 12.4 Å². The lowest BCUT2D eigenvalue weighted by Gasteiger charge is -2.30. The summed E-state index contributed by atoms with van der Waals surface area (Å²) in [4.78, 5) is 21.3. The molecule has 2 aliphatic heterocycles. The van der Waals surface area contributed by atoms with E-state index in [0.29, 0.717) is 109 Å². The van der Waals surface area contributed by atoms with Gasteiger partial charge in [0.05, 0.1) is 67.5 Å². The molecule has 6 aromatic heterocycles. The van der Waals surface area contributed by atoms with Crippen molar-refractivity contribution in [2.24, 2.45) is 11.8 Å². The van der Waals surface area contributed by atoms with E-state index in [1.807, 2.05) is 38.1 Å². The number of fused-ring (bicyclic) bond motifs is 6. The molecule has 2 saturated carbocycles. The minimum absolute atomic E-state index is 0.0856. The van der Waals surface area contributed by atoms with Crippen LogP contribution in [0.15, 0.2) is 36.9 Å². The molecule has 5 atom stereocenters. The maximum Gasteiger partial charge on any atom is 0.217 e. The average molecular weight is 1130 g/mol. The predicted octanol–water partition coefficient (Wildman–Crippen LogP) is 5.83. The number of morpholine rings is 2. The first-order valence-corrected chi connectivity index (χ1v) is 37.7. The summed E-state index contributed by atoms with van der Waals surface area (Å²) in [5.41, 5.74) is 3.53. The summed E-state index contributed by atoms with van der Waals surface area (Å²) in [5, 5.41) is 29.3. The van der Waals surface area contributed by atoms with Gasteiger partial charge in [-0.15, -0.1) is 20.4 Å². The average Bonchev–Trinajstić information content (AvgIpc) is 4.30. The van der Waals surface area contributed by atoms with Crippen LogP contribution in [0.1, 0.15) is 75.9 Å². The van der Waals surface area contributed by atoms with Crippen LogP contribution in [0, 0.1) is 11.8 Å². The lowest BCUT2D eigenvalue weighted by Crippen LogP contribution is -2.47. The van der Waals surface area contributed by atoms with Gasteiger partial charge in [-0.1, -0.05) is 66.0 Å². The fraction of sp³-hybridized carbons (Fsp3) is 0.700. The Balaban J connectivity index is 0.000000175. The topological polar surface area (TPSA) is 245 Å². The van der Waals surface area contributed by atoms with E-state index >= 15 is 0 Å². The first kappa shape index (κ1) is 58.1. The van der Waals surface area contributed by atoms with Gasteiger partial charge in [-0.2, -0.15) is 8.61 Å². The van der Waals surface area contributed by atoms with Crippen molar-refractivity contribution in [3.8, 4) is 0 Å². The standard InChI is InChI=1S/C25H40N6O5SSi.C20H29N5O2Si.C5H11NO3S/c1-5-19-14-25(32,17-37(33,34)30-8-10-35-11-9-30)15-20(19)23-28-27-22-16-26-24-21(31(22)23)6-7-29(24)18-36-12-13-38(2,3)4;1-5-14-10-15(26)11-16(14)19-23-22-18-12-21-20-17(25(18)19)6-7-24(20)13-27-8-9-28(2,3)4;1-10(7,8)6-2-4-9-5-3-6/h6-7,16,19-20,32H,5,8-15,17-18H2,1-4H3;6-7,12,14,16H,5,8-11,13H2,1-4H3;2-5H2,1H3. The van der Waals surface area contributed by atoms with Crippen molar-refractivity contribution in [2.45, 2.75) is 135 Å². The van der Waals surface area contributed by atoms with Gasteiger partial charge in [-0.25, -0.2) is 26.8 Å². The fourth-order valence-electron chi connectivity index (χ4n) is 10.8. The molecule has 76 heavy (non-hydrogen) atoms. The van der Waals surface area contributed by atoms with Crippen LogP contribution in [0.2, 0.25) is 51.4 Å². The monoisotopic (exact) mass is 1130 g/mol. The normalized spacial score (nSPS) is 23.4. The number of rotatable bonds is 18. The van der Waals surface area contributed by atoms with Gasteiger partial charge >= 0.3 is 0 Å². The molecule has 0 amide bonds. The molecule has 5 unspecified atom stereocenters. The lowest BCUT2D eigenvalue weighted by molar-refractivity contribution is -0.117. The van der Waals surface area contributed by atoms with Crippen LogP contribution in [0.4, 0.5) is 0 Å². The van der Waals surface area contributed by atoms with Gasteiger partial charge in [-0.05, 0) is 48.9 Å². The lowest BCUT2D eigenvalue weighted by atomic mass is 9.93. The molecule has 4 fully saturated rings. The van der Waals surface area contributed by atoms with Crippen LogP contribution >= 0.6 is 0 Å². The Bertz CT molecular complexity index is 3160. The number of aromatic nitrogens is 10. The van der Waals surface area contributed by atoms with E-state index in [0.717, 1.165) is 77.8 Å². The van der Waals surface area contributed by atoms with Gasteiger partial charge in [0, 0.05) is 92.6 Å². The molecule has 4 aliphatic rings. The molecule has 0 radical (unpaired) electrons. The Labute approximate surface area is 449 Å². The number of hydrogen-bond acceptors (Lipinski definition) is 16. The van der Waals surface area contributed by atoms with E-state index in [1.165, 1.54) is 14.9 Å². The Morgan fingerprint density at radius 3 is 1.59 bits per heavy atom. The second kappa shape index (κ2) is 24.1. The van der Waals surface area contributed by atoms with Gasteiger partial charge in [-0.3, -0.25) is 13.6 Å². The molecule has 420 valence electrons. The third-order valence-corrected chi connectivity index (χ3v) is 21.8. The van der Waals surface area contributed by atoms with Gasteiger partial charge in [0.2, 0.25) is 20.0 Å². The van der Waals surface area contributed by atoms with Crippen LogP contribution in [-0.4, -0.2) is 184 Å². The number of ether oxygens (including phenoxy) is 4. The molecule has 0 bridgehead atoms. The molecular weight excluding hydrogens is 1050 g/mol. The number of sulfonamides is 2. The molecule has 2 saturated heterocycles. The number of aliphatic hydroxyl groups is 1. The minimum atomic E-state index is -3.61. The molecule has 22 nitrogen and oxygen atoms in total. The Morgan fingerprint density at radius 2 is 1.14 bits per heavy atom. The summed E-state index contributed by atoms with van der Waals surface area (Å²) < 4.78 is 81.1. The highest BCUT2D eigenvalue weighted by atomic mass is 32.2. The molecule has 0 spiro atoms. The van der Waals surface area contributed by atoms with Crippen molar-refractivity contribution in [1.82, 2.24) is 56.9 Å². The van der Waals surface area contributed by atoms with Crippen molar-refractivity contribution < 1.29 is 45.7 Å². The van der Waals surface area contributed by atoms with Crippen LogP contribution < -0.4 is 0 Å². The number of hydrogen-bond donors (Lipinski definition) is 1. The largest absolute Gasteiger partial charge is 0.389 e. The molecule has 0 aromatic carbocycles. The number of carbonyl (C=O) groups excluding carboxylic acids is 1. The van der Waals surface area contributed by atoms with Crippen molar-refractivity contribution in [3.05, 3.63) is 48.6 Å². The number of nitrogens with zero attached hydrogens (tertiary/aromatic N) is 12. The molecule has 26 heteroatoms. The van der Waals surface area contributed by atoms with Gasteiger partial charge in [0.25, 0.3) is 0 Å². The third kappa shape index (κ3) is 14.0.